The van der Waals surface area contributed by atoms with Gasteiger partial charge in [0.25, 0.3) is 0 Å². The van der Waals surface area contributed by atoms with Gasteiger partial charge in [0.2, 0.25) is 0 Å². The summed E-state index contributed by atoms with van der Waals surface area (Å²) in [6.07, 6.45) is 0. The van der Waals surface area contributed by atoms with Crippen molar-refractivity contribution in [3.63, 3.8) is 0 Å². The lowest BCUT2D eigenvalue weighted by atomic mass is 9.89. The Morgan fingerprint density at radius 1 is 1.43 bits per heavy atom. The van der Waals surface area contributed by atoms with Crippen LogP contribution in [0.3, 0.4) is 0 Å². The van der Waals surface area contributed by atoms with Crippen LogP contribution in [0.15, 0.2) is 24.3 Å². The summed E-state index contributed by atoms with van der Waals surface area (Å²) in [5.74, 6) is 0.736. The van der Waals surface area contributed by atoms with Gasteiger partial charge in [-0.1, -0.05) is 12.1 Å². The lowest BCUT2D eigenvalue weighted by Crippen LogP contribution is -2.14. The van der Waals surface area contributed by atoms with Crippen LogP contribution in [0.5, 0.6) is 0 Å². The fourth-order valence-electron chi connectivity index (χ4n) is 2.10. The number of aliphatic hydroxyl groups excluding tert-OH is 1. The Morgan fingerprint density at radius 2 is 2.29 bits per heavy atom. The fourth-order valence-corrected chi connectivity index (χ4v) is 2.10. The SMILES string of the molecule is Nc1cccc(C2CNCC2CO)c1. The van der Waals surface area contributed by atoms with Gasteiger partial charge in [0.05, 0.1) is 0 Å². The smallest absolute Gasteiger partial charge is 0.0477 e. The highest BCUT2D eigenvalue weighted by atomic mass is 16.3. The van der Waals surface area contributed by atoms with E-state index in [9.17, 15) is 5.11 Å². The van der Waals surface area contributed by atoms with Gasteiger partial charge in [-0.2, -0.15) is 0 Å². The number of hydrogen-bond donors (Lipinski definition) is 3. The Morgan fingerprint density at radius 3 is 3.00 bits per heavy atom. The number of aliphatic hydroxyl groups is 1. The molecule has 1 fully saturated rings. The normalized spacial score (nSPS) is 26.6. The number of rotatable bonds is 2. The van der Waals surface area contributed by atoms with E-state index in [1.165, 1.54) is 5.56 Å². The van der Waals surface area contributed by atoms with Crippen molar-refractivity contribution < 1.29 is 5.11 Å². The van der Waals surface area contributed by atoms with Gasteiger partial charge >= 0.3 is 0 Å². The minimum Gasteiger partial charge on any atom is -0.399 e. The van der Waals surface area contributed by atoms with Crippen LogP contribution >= 0.6 is 0 Å². The molecule has 1 aromatic carbocycles. The van der Waals surface area contributed by atoms with Crippen LogP contribution in [0.1, 0.15) is 11.5 Å². The highest BCUT2D eigenvalue weighted by molar-refractivity contribution is 5.42. The van der Waals surface area contributed by atoms with Crippen molar-refractivity contribution >= 4 is 5.69 Å². The quantitative estimate of drug-likeness (QED) is 0.600. The Balaban J connectivity index is 2.21. The summed E-state index contributed by atoms with van der Waals surface area (Å²) in [7, 11) is 0. The van der Waals surface area contributed by atoms with Gasteiger partial charge in [-0.05, 0) is 17.7 Å². The predicted molar refractivity (Wildman–Crippen MR) is 57.0 cm³/mol. The van der Waals surface area contributed by atoms with Crippen LogP contribution in [0.2, 0.25) is 0 Å². The van der Waals surface area contributed by atoms with E-state index in [0.29, 0.717) is 11.8 Å². The topological polar surface area (TPSA) is 58.3 Å². The summed E-state index contributed by atoms with van der Waals surface area (Å²) in [6.45, 7) is 2.08. The molecule has 2 atom stereocenters. The van der Waals surface area contributed by atoms with Crippen LogP contribution in [0, 0.1) is 5.92 Å². The van der Waals surface area contributed by atoms with Crippen LogP contribution in [0.25, 0.3) is 0 Å². The van der Waals surface area contributed by atoms with Crippen molar-refractivity contribution in [3.05, 3.63) is 29.8 Å². The molecule has 0 radical (unpaired) electrons. The average molecular weight is 192 g/mol. The third kappa shape index (κ3) is 1.74. The molecule has 76 valence electrons. The molecule has 1 aliphatic rings. The van der Waals surface area contributed by atoms with E-state index in [-0.39, 0.29) is 6.61 Å². The van der Waals surface area contributed by atoms with E-state index < -0.39 is 0 Å². The molecule has 0 spiro atoms. The summed E-state index contributed by atoms with van der Waals surface area (Å²) in [6, 6.07) is 7.94. The second-order valence-electron chi connectivity index (χ2n) is 3.88. The number of nitrogens with two attached hydrogens (primary N) is 1. The molecular formula is C11H16N2O. The molecule has 0 bridgehead atoms. The first-order valence-electron chi connectivity index (χ1n) is 4.98. The maximum atomic E-state index is 9.20. The van der Waals surface area contributed by atoms with E-state index in [0.717, 1.165) is 18.8 Å². The zero-order valence-corrected chi connectivity index (χ0v) is 8.11. The van der Waals surface area contributed by atoms with Crippen molar-refractivity contribution in [1.29, 1.82) is 0 Å². The number of benzene rings is 1. The van der Waals surface area contributed by atoms with E-state index in [4.69, 9.17) is 5.73 Å². The van der Waals surface area contributed by atoms with Gasteiger partial charge in [0, 0.05) is 37.2 Å². The van der Waals surface area contributed by atoms with Gasteiger partial charge in [-0.15, -0.1) is 0 Å². The summed E-state index contributed by atoms with van der Waals surface area (Å²) in [5.41, 5.74) is 7.76. The van der Waals surface area contributed by atoms with E-state index in [1.54, 1.807) is 0 Å². The molecule has 1 saturated heterocycles. The molecule has 4 N–H and O–H groups in total. The molecule has 2 unspecified atom stereocenters. The lowest BCUT2D eigenvalue weighted by molar-refractivity contribution is 0.226. The van der Waals surface area contributed by atoms with E-state index in [1.807, 2.05) is 18.2 Å². The molecule has 0 amide bonds. The Hall–Kier alpha value is -1.06. The minimum atomic E-state index is 0.243. The second-order valence-corrected chi connectivity index (χ2v) is 3.88. The molecule has 0 aromatic heterocycles. The molecule has 14 heavy (non-hydrogen) atoms. The molecule has 1 heterocycles. The highest BCUT2D eigenvalue weighted by Gasteiger charge is 2.27. The average Bonchev–Trinajstić information content (AvgIpc) is 2.65. The lowest BCUT2D eigenvalue weighted by Gasteiger charge is -2.16. The van der Waals surface area contributed by atoms with Crippen LogP contribution in [-0.2, 0) is 0 Å². The van der Waals surface area contributed by atoms with Gasteiger partial charge in [0.15, 0.2) is 0 Å². The molecule has 1 aliphatic heterocycles. The molecule has 3 heteroatoms. The predicted octanol–water partition coefficient (Wildman–Crippen LogP) is 0.564. The first-order chi connectivity index (χ1) is 6.81. The molecular weight excluding hydrogens is 176 g/mol. The Bertz CT molecular complexity index is 314. The zero-order chi connectivity index (χ0) is 9.97. The standard InChI is InChI=1S/C11H16N2O/c12-10-3-1-2-8(4-10)11-6-13-5-9(11)7-14/h1-4,9,11,13-14H,5-7,12H2. The first-order valence-corrected chi connectivity index (χ1v) is 4.98. The number of anilines is 1. The van der Waals surface area contributed by atoms with E-state index in [2.05, 4.69) is 11.4 Å². The maximum absolute atomic E-state index is 9.20. The summed E-state index contributed by atoms with van der Waals surface area (Å²) in [5, 5.41) is 12.5. The number of hydrogen-bond acceptors (Lipinski definition) is 3. The van der Waals surface area contributed by atoms with Gasteiger partial charge in [-0.3, -0.25) is 0 Å². The van der Waals surface area contributed by atoms with Crippen molar-refractivity contribution in [2.24, 2.45) is 5.92 Å². The highest BCUT2D eigenvalue weighted by Crippen LogP contribution is 2.28. The Labute approximate surface area is 83.9 Å². The third-order valence-electron chi connectivity index (χ3n) is 2.91. The molecule has 0 aliphatic carbocycles. The minimum absolute atomic E-state index is 0.243. The van der Waals surface area contributed by atoms with E-state index >= 15 is 0 Å². The van der Waals surface area contributed by atoms with Gasteiger partial charge < -0.3 is 16.2 Å². The molecule has 3 nitrogen and oxygen atoms in total. The molecule has 0 saturated carbocycles. The Kier molecular flexibility index (Phi) is 2.70. The van der Waals surface area contributed by atoms with Gasteiger partial charge in [0.1, 0.15) is 0 Å². The molecule has 2 rings (SSSR count). The van der Waals surface area contributed by atoms with Crippen LogP contribution in [0.4, 0.5) is 5.69 Å². The van der Waals surface area contributed by atoms with Crippen molar-refractivity contribution in [3.8, 4) is 0 Å². The summed E-state index contributed by atoms with van der Waals surface area (Å²) < 4.78 is 0. The monoisotopic (exact) mass is 192 g/mol. The number of nitrogens with one attached hydrogen (secondary N) is 1. The maximum Gasteiger partial charge on any atom is 0.0477 e. The molecule has 1 aromatic rings. The van der Waals surface area contributed by atoms with Crippen molar-refractivity contribution in [2.75, 3.05) is 25.4 Å². The zero-order valence-electron chi connectivity index (χ0n) is 8.11. The largest absolute Gasteiger partial charge is 0.399 e. The van der Waals surface area contributed by atoms with Crippen LogP contribution < -0.4 is 11.1 Å². The van der Waals surface area contributed by atoms with Crippen molar-refractivity contribution in [1.82, 2.24) is 5.32 Å². The number of nitrogen functional groups attached to an aromatic ring is 1. The van der Waals surface area contributed by atoms with Gasteiger partial charge in [-0.25, -0.2) is 0 Å². The fraction of sp³-hybridized carbons (Fsp3) is 0.455. The third-order valence-corrected chi connectivity index (χ3v) is 2.91. The second kappa shape index (κ2) is 3.98. The van der Waals surface area contributed by atoms with Crippen LogP contribution in [-0.4, -0.2) is 24.8 Å². The summed E-state index contributed by atoms with van der Waals surface area (Å²) >= 11 is 0. The first kappa shape index (κ1) is 9.49. The summed E-state index contributed by atoms with van der Waals surface area (Å²) in [4.78, 5) is 0. The van der Waals surface area contributed by atoms with Crippen molar-refractivity contribution in [2.45, 2.75) is 5.92 Å².